The first-order chi connectivity index (χ1) is 8.11. The second kappa shape index (κ2) is 4.41. The number of ether oxygens (including phenoxy) is 1. The zero-order valence-corrected chi connectivity index (χ0v) is 9.08. The highest BCUT2D eigenvalue weighted by Crippen LogP contribution is 2.32. The summed E-state index contributed by atoms with van der Waals surface area (Å²) in [6, 6.07) is 7.68. The minimum Gasteiger partial charge on any atom is -0.507 e. The van der Waals surface area contributed by atoms with Crippen LogP contribution in [0, 0.1) is 11.6 Å². The van der Waals surface area contributed by atoms with Gasteiger partial charge in [-0.15, -0.1) is 0 Å². The number of phenolic OH excluding ortho intramolecular Hbond substituents is 1. The molecule has 0 saturated carbocycles. The molecule has 88 valence electrons. The molecule has 0 amide bonds. The molecule has 17 heavy (non-hydrogen) atoms. The molecule has 0 radical (unpaired) electrons. The van der Waals surface area contributed by atoms with E-state index in [4.69, 9.17) is 4.74 Å². The fourth-order valence-electron chi connectivity index (χ4n) is 1.57. The SMILES string of the molecule is COc1ccc(-c2cc(F)ccc2O)cc1F. The van der Waals surface area contributed by atoms with Crippen molar-refractivity contribution >= 4 is 0 Å². The normalized spacial score (nSPS) is 10.3. The summed E-state index contributed by atoms with van der Waals surface area (Å²) >= 11 is 0. The van der Waals surface area contributed by atoms with E-state index in [9.17, 15) is 13.9 Å². The quantitative estimate of drug-likeness (QED) is 0.866. The van der Waals surface area contributed by atoms with Crippen LogP contribution in [0.2, 0.25) is 0 Å². The maximum absolute atomic E-state index is 13.5. The van der Waals surface area contributed by atoms with Crippen LogP contribution >= 0.6 is 0 Å². The van der Waals surface area contributed by atoms with Gasteiger partial charge in [-0.1, -0.05) is 6.07 Å². The van der Waals surface area contributed by atoms with E-state index in [1.54, 1.807) is 6.07 Å². The molecule has 2 aromatic carbocycles. The molecule has 0 aromatic heterocycles. The summed E-state index contributed by atoms with van der Waals surface area (Å²) in [4.78, 5) is 0. The van der Waals surface area contributed by atoms with Gasteiger partial charge in [0.05, 0.1) is 7.11 Å². The lowest BCUT2D eigenvalue weighted by atomic mass is 10.0. The van der Waals surface area contributed by atoms with Gasteiger partial charge in [0.15, 0.2) is 11.6 Å². The Morgan fingerprint density at radius 2 is 1.82 bits per heavy atom. The summed E-state index contributed by atoms with van der Waals surface area (Å²) in [5.74, 6) is -1.05. The van der Waals surface area contributed by atoms with Crippen LogP contribution in [0.15, 0.2) is 36.4 Å². The van der Waals surface area contributed by atoms with Crippen LogP contribution < -0.4 is 4.74 Å². The monoisotopic (exact) mass is 236 g/mol. The van der Waals surface area contributed by atoms with E-state index >= 15 is 0 Å². The maximum Gasteiger partial charge on any atom is 0.165 e. The molecule has 0 fully saturated rings. The van der Waals surface area contributed by atoms with E-state index in [-0.39, 0.29) is 17.1 Å². The Morgan fingerprint density at radius 1 is 1.06 bits per heavy atom. The highest BCUT2D eigenvalue weighted by molar-refractivity contribution is 5.70. The summed E-state index contributed by atoms with van der Waals surface area (Å²) in [7, 11) is 1.36. The van der Waals surface area contributed by atoms with Crippen LogP contribution in [0.3, 0.4) is 0 Å². The molecule has 2 nitrogen and oxygen atoms in total. The van der Waals surface area contributed by atoms with E-state index in [1.807, 2.05) is 0 Å². The van der Waals surface area contributed by atoms with Crippen molar-refractivity contribution in [3.8, 4) is 22.6 Å². The van der Waals surface area contributed by atoms with Gasteiger partial charge in [-0.3, -0.25) is 0 Å². The first kappa shape index (κ1) is 11.4. The predicted octanol–water partition coefficient (Wildman–Crippen LogP) is 3.35. The Labute approximate surface area is 97.1 Å². The molecular weight excluding hydrogens is 226 g/mol. The fraction of sp³-hybridized carbons (Fsp3) is 0.0769. The molecule has 0 aliphatic carbocycles. The first-order valence-electron chi connectivity index (χ1n) is 4.94. The van der Waals surface area contributed by atoms with E-state index in [0.717, 1.165) is 12.1 Å². The number of methoxy groups -OCH3 is 1. The molecule has 0 bridgehead atoms. The van der Waals surface area contributed by atoms with Gasteiger partial charge in [-0.2, -0.15) is 0 Å². The third-order valence-electron chi connectivity index (χ3n) is 2.42. The number of hydrogen-bond acceptors (Lipinski definition) is 2. The minimum absolute atomic E-state index is 0.101. The summed E-state index contributed by atoms with van der Waals surface area (Å²) in [5, 5.41) is 9.59. The molecule has 0 spiro atoms. The van der Waals surface area contributed by atoms with E-state index in [1.165, 1.54) is 25.3 Å². The molecule has 1 N–H and O–H groups in total. The maximum atomic E-state index is 13.5. The van der Waals surface area contributed by atoms with Gasteiger partial charge in [0, 0.05) is 5.56 Å². The molecular formula is C13H10F2O2. The summed E-state index contributed by atoms with van der Waals surface area (Å²) in [6.07, 6.45) is 0. The zero-order valence-electron chi connectivity index (χ0n) is 9.08. The molecule has 0 heterocycles. The fourth-order valence-corrected chi connectivity index (χ4v) is 1.57. The molecule has 4 heteroatoms. The van der Waals surface area contributed by atoms with Gasteiger partial charge in [0.1, 0.15) is 11.6 Å². The molecule has 0 atom stereocenters. The van der Waals surface area contributed by atoms with Crippen LogP contribution in [-0.4, -0.2) is 12.2 Å². The Bertz CT molecular complexity index is 553. The van der Waals surface area contributed by atoms with Crippen molar-refractivity contribution in [2.75, 3.05) is 7.11 Å². The molecule has 0 unspecified atom stereocenters. The molecule has 0 aliphatic rings. The lowest BCUT2D eigenvalue weighted by Gasteiger charge is -2.07. The second-order valence-electron chi connectivity index (χ2n) is 3.51. The Hall–Kier alpha value is -2.10. The lowest BCUT2D eigenvalue weighted by Crippen LogP contribution is -1.89. The van der Waals surface area contributed by atoms with Crippen LogP contribution in [0.4, 0.5) is 8.78 Å². The van der Waals surface area contributed by atoms with E-state index in [0.29, 0.717) is 5.56 Å². The average molecular weight is 236 g/mol. The Kier molecular flexibility index (Phi) is 2.95. The van der Waals surface area contributed by atoms with Crippen molar-refractivity contribution in [3.05, 3.63) is 48.0 Å². The van der Waals surface area contributed by atoms with Crippen LogP contribution in [0.1, 0.15) is 0 Å². The van der Waals surface area contributed by atoms with Crippen molar-refractivity contribution in [2.24, 2.45) is 0 Å². The second-order valence-corrected chi connectivity index (χ2v) is 3.51. The van der Waals surface area contributed by atoms with E-state index < -0.39 is 11.6 Å². The van der Waals surface area contributed by atoms with Gasteiger partial charge in [0.2, 0.25) is 0 Å². The molecule has 0 saturated heterocycles. The van der Waals surface area contributed by atoms with Gasteiger partial charge in [-0.05, 0) is 35.9 Å². The predicted molar refractivity (Wildman–Crippen MR) is 60.0 cm³/mol. The number of rotatable bonds is 2. The third kappa shape index (κ3) is 2.20. The van der Waals surface area contributed by atoms with Crippen molar-refractivity contribution in [1.29, 1.82) is 0 Å². The van der Waals surface area contributed by atoms with Gasteiger partial charge >= 0.3 is 0 Å². The topological polar surface area (TPSA) is 29.5 Å². The minimum atomic E-state index is -0.561. The van der Waals surface area contributed by atoms with Crippen LogP contribution in [0.5, 0.6) is 11.5 Å². The van der Waals surface area contributed by atoms with Crippen molar-refractivity contribution < 1.29 is 18.6 Å². The standard InChI is InChI=1S/C13H10F2O2/c1-17-13-5-2-8(6-11(13)15)10-7-9(14)3-4-12(10)16/h2-7,16H,1H3. The zero-order chi connectivity index (χ0) is 12.4. The largest absolute Gasteiger partial charge is 0.507 e. The highest BCUT2D eigenvalue weighted by Gasteiger charge is 2.09. The van der Waals surface area contributed by atoms with Crippen molar-refractivity contribution in [1.82, 2.24) is 0 Å². The van der Waals surface area contributed by atoms with Crippen molar-refractivity contribution in [2.45, 2.75) is 0 Å². The summed E-state index contributed by atoms with van der Waals surface area (Å²) in [6.45, 7) is 0. The van der Waals surface area contributed by atoms with Crippen LogP contribution in [0.25, 0.3) is 11.1 Å². The lowest BCUT2D eigenvalue weighted by molar-refractivity contribution is 0.386. The third-order valence-corrected chi connectivity index (χ3v) is 2.42. The number of aromatic hydroxyl groups is 1. The van der Waals surface area contributed by atoms with Crippen LogP contribution in [-0.2, 0) is 0 Å². The smallest absolute Gasteiger partial charge is 0.165 e. The van der Waals surface area contributed by atoms with Gasteiger partial charge < -0.3 is 9.84 Å². The van der Waals surface area contributed by atoms with Gasteiger partial charge in [-0.25, -0.2) is 8.78 Å². The number of hydrogen-bond donors (Lipinski definition) is 1. The van der Waals surface area contributed by atoms with Crippen molar-refractivity contribution in [3.63, 3.8) is 0 Å². The Balaban J connectivity index is 2.53. The van der Waals surface area contributed by atoms with Gasteiger partial charge in [0.25, 0.3) is 0 Å². The number of halogens is 2. The highest BCUT2D eigenvalue weighted by atomic mass is 19.1. The summed E-state index contributed by atoms with van der Waals surface area (Å²) < 4.78 is 31.3. The molecule has 0 aliphatic heterocycles. The number of benzene rings is 2. The number of phenols is 1. The molecule has 2 aromatic rings. The Morgan fingerprint density at radius 3 is 2.47 bits per heavy atom. The molecule has 2 rings (SSSR count). The first-order valence-corrected chi connectivity index (χ1v) is 4.94. The summed E-state index contributed by atoms with van der Waals surface area (Å²) in [5.41, 5.74) is 0.631. The van der Waals surface area contributed by atoms with E-state index in [2.05, 4.69) is 0 Å². The average Bonchev–Trinajstić information content (AvgIpc) is 2.32.